The Bertz CT molecular complexity index is 565. The largest absolute Gasteiger partial charge is 0.478 e. The van der Waals surface area contributed by atoms with E-state index in [0.717, 1.165) is 55.4 Å². The van der Waals surface area contributed by atoms with Crippen molar-refractivity contribution >= 4 is 17.3 Å². The first-order valence-corrected chi connectivity index (χ1v) is 9.13. The molecule has 122 valence electrons. The average molecular weight is 322 g/mol. The molecular formula is C18H26O3S. The molecule has 1 N–H and O–H groups in total. The fraction of sp³-hybridized carbons (Fsp3) is 0.722. The van der Waals surface area contributed by atoms with Gasteiger partial charge in [-0.1, -0.05) is 13.8 Å². The summed E-state index contributed by atoms with van der Waals surface area (Å²) in [5.74, 6) is -0.310. The molecule has 0 spiro atoms. The maximum atomic E-state index is 11.9. The Hall–Kier alpha value is -0.870. The van der Waals surface area contributed by atoms with E-state index in [4.69, 9.17) is 4.74 Å². The maximum Gasteiger partial charge on any atom is 0.337 e. The highest BCUT2D eigenvalue weighted by atomic mass is 32.1. The Morgan fingerprint density at radius 2 is 1.95 bits per heavy atom. The van der Waals surface area contributed by atoms with Gasteiger partial charge in [0.2, 0.25) is 0 Å². The van der Waals surface area contributed by atoms with Gasteiger partial charge in [0, 0.05) is 16.9 Å². The van der Waals surface area contributed by atoms with Crippen LogP contribution < -0.4 is 0 Å². The second-order valence-electron chi connectivity index (χ2n) is 7.60. The van der Waals surface area contributed by atoms with Crippen LogP contribution in [-0.4, -0.2) is 24.3 Å². The van der Waals surface area contributed by atoms with Crippen molar-refractivity contribution in [1.29, 1.82) is 0 Å². The smallest absolute Gasteiger partial charge is 0.337 e. The molecule has 1 aromatic heterocycles. The van der Waals surface area contributed by atoms with Crippen molar-refractivity contribution in [2.75, 3.05) is 7.11 Å². The number of methoxy groups -OCH3 is 1. The maximum absolute atomic E-state index is 11.9. The van der Waals surface area contributed by atoms with Crippen LogP contribution in [0.4, 0.5) is 0 Å². The van der Waals surface area contributed by atoms with Gasteiger partial charge in [0.25, 0.3) is 0 Å². The van der Waals surface area contributed by atoms with E-state index in [1.54, 1.807) is 18.4 Å². The Balaban J connectivity index is 1.92. The van der Waals surface area contributed by atoms with Crippen molar-refractivity contribution in [2.24, 2.45) is 5.41 Å². The average Bonchev–Trinajstić information content (AvgIpc) is 2.84. The molecule has 3 rings (SSSR count). The minimum atomic E-state index is -0.723. The number of thiophene rings is 1. The van der Waals surface area contributed by atoms with Gasteiger partial charge >= 0.3 is 5.97 Å². The molecule has 1 fully saturated rings. The molecule has 1 heterocycles. The first-order chi connectivity index (χ1) is 10.4. The molecule has 1 saturated carbocycles. The van der Waals surface area contributed by atoms with Crippen molar-refractivity contribution in [3.63, 3.8) is 0 Å². The van der Waals surface area contributed by atoms with Gasteiger partial charge in [-0.3, -0.25) is 0 Å². The number of aromatic carboxylic acids is 1. The zero-order valence-corrected chi connectivity index (χ0v) is 14.6. The number of carbonyl (C=O) groups is 1. The zero-order chi connectivity index (χ0) is 15.9. The fourth-order valence-electron chi connectivity index (χ4n) is 4.02. The number of aryl methyl sites for hydroxylation is 1. The minimum absolute atomic E-state index is 0.225. The number of ether oxygens (including phenoxy) is 1. The number of hydrogen-bond acceptors (Lipinski definition) is 3. The van der Waals surface area contributed by atoms with Gasteiger partial charge in [-0.05, 0) is 61.8 Å². The van der Waals surface area contributed by atoms with E-state index < -0.39 is 5.97 Å². The number of fused-ring (bicyclic) bond motifs is 1. The van der Waals surface area contributed by atoms with Gasteiger partial charge < -0.3 is 9.84 Å². The van der Waals surface area contributed by atoms with Gasteiger partial charge in [-0.25, -0.2) is 4.79 Å². The highest BCUT2D eigenvalue weighted by Crippen LogP contribution is 2.46. The first-order valence-electron chi connectivity index (χ1n) is 8.32. The normalized spacial score (nSPS) is 27.4. The second-order valence-corrected chi connectivity index (χ2v) is 8.74. The molecule has 0 aliphatic heterocycles. The molecule has 0 atom stereocenters. The topological polar surface area (TPSA) is 46.5 Å². The summed E-state index contributed by atoms with van der Waals surface area (Å²) in [5.41, 5.74) is 2.01. The van der Waals surface area contributed by atoms with Crippen LogP contribution in [0, 0.1) is 5.41 Å². The van der Waals surface area contributed by atoms with Crippen LogP contribution in [0.15, 0.2) is 0 Å². The van der Waals surface area contributed by atoms with Crippen LogP contribution >= 0.6 is 11.3 Å². The first kappa shape index (κ1) is 16.0. The summed E-state index contributed by atoms with van der Waals surface area (Å²) in [7, 11) is 1.78. The summed E-state index contributed by atoms with van der Waals surface area (Å²) in [4.78, 5) is 14.4. The summed E-state index contributed by atoms with van der Waals surface area (Å²) in [6.45, 7) is 4.51. The Morgan fingerprint density at radius 3 is 2.55 bits per heavy atom. The Kier molecular flexibility index (Phi) is 4.34. The van der Waals surface area contributed by atoms with Gasteiger partial charge in [0.15, 0.2) is 0 Å². The van der Waals surface area contributed by atoms with E-state index in [0.29, 0.717) is 17.6 Å². The Labute approximate surface area is 136 Å². The summed E-state index contributed by atoms with van der Waals surface area (Å²) in [6, 6.07) is 0. The number of carboxylic acid groups (broad SMARTS) is 1. The summed E-state index contributed by atoms with van der Waals surface area (Å²) < 4.78 is 5.45. The van der Waals surface area contributed by atoms with E-state index in [2.05, 4.69) is 13.8 Å². The Morgan fingerprint density at radius 1 is 1.27 bits per heavy atom. The third-order valence-corrected chi connectivity index (χ3v) is 6.85. The highest BCUT2D eigenvalue weighted by Gasteiger charge is 2.35. The number of hydrogen-bond donors (Lipinski definition) is 1. The van der Waals surface area contributed by atoms with Crippen LogP contribution in [-0.2, 0) is 17.6 Å². The van der Waals surface area contributed by atoms with Crippen molar-refractivity contribution in [2.45, 2.75) is 70.8 Å². The minimum Gasteiger partial charge on any atom is -0.478 e. The van der Waals surface area contributed by atoms with E-state index in [1.165, 1.54) is 4.88 Å². The molecule has 4 heteroatoms. The monoisotopic (exact) mass is 322 g/mol. The molecule has 2 aliphatic rings. The van der Waals surface area contributed by atoms with Crippen LogP contribution in [0.5, 0.6) is 0 Å². The predicted octanol–water partition coefficient (Wildman–Crippen LogP) is 4.63. The SMILES string of the molecule is CO[C@H]1CC[C@@H](c2sc3c(c2C(=O)O)CC(C)(C)CC3)CC1. The molecule has 0 unspecified atom stereocenters. The van der Waals surface area contributed by atoms with Crippen LogP contribution in [0.3, 0.4) is 0 Å². The van der Waals surface area contributed by atoms with E-state index in [9.17, 15) is 9.90 Å². The van der Waals surface area contributed by atoms with E-state index in [-0.39, 0.29) is 5.41 Å². The van der Waals surface area contributed by atoms with Gasteiger partial charge in [-0.2, -0.15) is 0 Å². The van der Waals surface area contributed by atoms with Gasteiger partial charge in [-0.15, -0.1) is 11.3 Å². The van der Waals surface area contributed by atoms with Crippen molar-refractivity contribution < 1.29 is 14.6 Å². The number of carboxylic acids is 1. The summed E-state index contributed by atoms with van der Waals surface area (Å²) in [5, 5.41) is 9.79. The molecule has 0 saturated heterocycles. The molecule has 0 aromatic carbocycles. The van der Waals surface area contributed by atoms with Crippen LogP contribution in [0.1, 0.15) is 77.5 Å². The zero-order valence-electron chi connectivity index (χ0n) is 13.8. The van der Waals surface area contributed by atoms with Crippen LogP contribution in [0.25, 0.3) is 0 Å². The summed E-state index contributed by atoms with van der Waals surface area (Å²) in [6.07, 6.45) is 7.69. The molecule has 1 aromatic rings. The lowest BCUT2D eigenvalue weighted by Crippen LogP contribution is -2.23. The van der Waals surface area contributed by atoms with Gasteiger partial charge in [0.1, 0.15) is 0 Å². The highest BCUT2D eigenvalue weighted by molar-refractivity contribution is 7.12. The van der Waals surface area contributed by atoms with Crippen molar-refractivity contribution in [3.8, 4) is 0 Å². The standard InChI is InChI=1S/C18H26O3S/c1-18(2)9-8-14-13(10-18)15(17(19)20)16(22-14)11-4-6-12(21-3)7-5-11/h11-12H,4-10H2,1-3H3,(H,19,20)/t11-,12+. The second kappa shape index (κ2) is 5.97. The quantitative estimate of drug-likeness (QED) is 0.882. The van der Waals surface area contributed by atoms with E-state index >= 15 is 0 Å². The fourth-order valence-corrected chi connectivity index (χ4v) is 5.51. The molecule has 0 amide bonds. The van der Waals surface area contributed by atoms with Crippen LogP contribution in [0.2, 0.25) is 0 Å². The predicted molar refractivity (Wildman–Crippen MR) is 89.1 cm³/mol. The lowest BCUT2D eigenvalue weighted by atomic mass is 9.75. The molecule has 3 nitrogen and oxygen atoms in total. The number of rotatable bonds is 3. The lowest BCUT2D eigenvalue weighted by Gasteiger charge is -2.29. The lowest BCUT2D eigenvalue weighted by molar-refractivity contribution is 0.0650. The molecule has 0 radical (unpaired) electrons. The van der Waals surface area contributed by atoms with Crippen molar-refractivity contribution in [1.82, 2.24) is 0 Å². The van der Waals surface area contributed by atoms with Crippen molar-refractivity contribution in [3.05, 3.63) is 20.9 Å². The third kappa shape index (κ3) is 2.95. The van der Waals surface area contributed by atoms with E-state index in [1.807, 2.05) is 0 Å². The summed E-state index contributed by atoms with van der Waals surface area (Å²) >= 11 is 1.78. The third-order valence-electron chi connectivity index (χ3n) is 5.39. The van der Waals surface area contributed by atoms with Gasteiger partial charge in [0.05, 0.1) is 11.7 Å². The molecule has 22 heavy (non-hydrogen) atoms. The molecule has 2 aliphatic carbocycles. The molecule has 0 bridgehead atoms. The molecular weight excluding hydrogens is 296 g/mol.